The summed E-state index contributed by atoms with van der Waals surface area (Å²) < 4.78 is 16.3. The zero-order valence-corrected chi connectivity index (χ0v) is 15.3. The molecule has 2 heterocycles. The number of fused-ring (bicyclic) bond motifs is 1. The molecule has 0 spiro atoms. The molecule has 1 amide bonds. The minimum absolute atomic E-state index is 0.0959. The molecular weight excluding hydrogens is 344 g/mol. The van der Waals surface area contributed by atoms with E-state index < -0.39 is 0 Å². The van der Waals surface area contributed by atoms with Crippen molar-refractivity contribution in [1.29, 1.82) is 0 Å². The third-order valence-electron chi connectivity index (χ3n) is 4.00. The Balaban J connectivity index is 1.65. The normalized spacial score (nSPS) is 13.2. The molecule has 0 radical (unpaired) electrons. The van der Waals surface area contributed by atoms with Gasteiger partial charge in [0.25, 0.3) is 5.91 Å². The molecule has 1 N–H and O–H groups in total. The van der Waals surface area contributed by atoms with Crippen molar-refractivity contribution in [2.45, 2.75) is 33.1 Å². The molecule has 0 fully saturated rings. The number of aryl methyl sites for hydroxylation is 1. The van der Waals surface area contributed by atoms with Gasteiger partial charge in [0.15, 0.2) is 17.3 Å². The number of ether oxygens (including phenoxy) is 2. The molecule has 2 aromatic rings. The van der Waals surface area contributed by atoms with Gasteiger partial charge < -0.3 is 19.3 Å². The van der Waals surface area contributed by atoms with Crippen molar-refractivity contribution >= 4 is 17.5 Å². The Kier molecular flexibility index (Phi) is 5.18. The number of rotatable bonds is 5. The summed E-state index contributed by atoms with van der Waals surface area (Å²) in [6, 6.07) is 3.74. The largest absolute Gasteiger partial charge is 0.486 e. The zero-order valence-electron chi connectivity index (χ0n) is 14.5. The van der Waals surface area contributed by atoms with E-state index in [9.17, 15) is 4.79 Å². The molecule has 0 atom stereocenters. The van der Waals surface area contributed by atoms with Crippen molar-refractivity contribution in [2.75, 3.05) is 19.8 Å². The van der Waals surface area contributed by atoms with Crippen LogP contribution in [0.2, 0.25) is 5.02 Å². The van der Waals surface area contributed by atoms with Crippen LogP contribution in [0, 0.1) is 6.92 Å². The molecule has 134 valence electrons. The molecule has 25 heavy (non-hydrogen) atoms. The number of nitrogens with one attached hydrogen (secondary N) is 1. The number of hydrogen-bond acceptors (Lipinski definition) is 5. The minimum atomic E-state index is -0.175. The van der Waals surface area contributed by atoms with Gasteiger partial charge in [-0.1, -0.05) is 30.6 Å². The summed E-state index contributed by atoms with van der Waals surface area (Å²) in [5.74, 6) is 1.77. The van der Waals surface area contributed by atoms with Gasteiger partial charge in [-0.05, 0) is 31.0 Å². The molecule has 7 heteroatoms. The molecule has 0 unspecified atom stereocenters. The second-order valence-electron chi connectivity index (χ2n) is 6.27. The van der Waals surface area contributed by atoms with Gasteiger partial charge in [-0.25, -0.2) is 0 Å². The number of aromatic nitrogens is 1. The molecule has 0 saturated heterocycles. The molecule has 1 aliphatic rings. The van der Waals surface area contributed by atoms with Crippen molar-refractivity contribution in [3.05, 3.63) is 39.7 Å². The second-order valence-corrected chi connectivity index (χ2v) is 6.68. The van der Waals surface area contributed by atoms with Crippen LogP contribution in [0.4, 0.5) is 0 Å². The van der Waals surface area contributed by atoms with E-state index in [0.29, 0.717) is 59.7 Å². The van der Waals surface area contributed by atoms with Crippen LogP contribution in [-0.2, 0) is 6.42 Å². The first-order valence-electron chi connectivity index (χ1n) is 8.29. The fourth-order valence-electron chi connectivity index (χ4n) is 2.77. The predicted molar refractivity (Wildman–Crippen MR) is 93.8 cm³/mol. The van der Waals surface area contributed by atoms with Crippen molar-refractivity contribution in [1.82, 2.24) is 10.5 Å². The van der Waals surface area contributed by atoms with Crippen molar-refractivity contribution in [2.24, 2.45) is 0 Å². The van der Waals surface area contributed by atoms with Gasteiger partial charge >= 0.3 is 0 Å². The van der Waals surface area contributed by atoms with Crippen LogP contribution >= 0.6 is 11.6 Å². The number of hydrogen-bond donors (Lipinski definition) is 1. The Bertz CT molecular complexity index is 786. The lowest BCUT2D eigenvalue weighted by Gasteiger charge is -2.20. The number of benzene rings is 1. The summed E-state index contributed by atoms with van der Waals surface area (Å²) in [6.07, 6.45) is 0.628. The molecule has 0 saturated carbocycles. The summed E-state index contributed by atoms with van der Waals surface area (Å²) in [5.41, 5.74) is 2.10. The number of carbonyl (C=O) groups is 1. The zero-order chi connectivity index (χ0) is 18.0. The molecule has 1 aromatic carbocycles. The summed E-state index contributed by atoms with van der Waals surface area (Å²) in [5, 5.41) is 7.34. The highest BCUT2D eigenvalue weighted by molar-refractivity contribution is 6.32. The number of nitrogens with zero attached hydrogens (tertiary/aromatic N) is 1. The number of carbonyl (C=O) groups excluding carboxylic acids is 1. The van der Waals surface area contributed by atoms with Crippen LogP contribution in [0.5, 0.6) is 11.5 Å². The van der Waals surface area contributed by atoms with E-state index in [1.807, 2.05) is 26.0 Å². The Morgan fingerprint density at radius 3 is 2.84 bits per heavy atom. The monoisotopic (exact) mass is 364 g/mol. The highest BCUT2D eigenvalue weighted by atomic mass is 35.5. The molecule has 3 rings (SSSR count). The van der Waals surface area contributed by atoms with E-state index in [-0.39, 0.29) is 11.8 Å². The molecule has 6 nitrogen and oxygen atoms in total. The predicted octanol–water partition coefficient (Wildman–Crippen LogP) is 3.50. The van der Waals surface area contributed by atoms with E-state index in [1.54, 1.807) is 6.92 Å². The lowest BCUT2D eigenvalue weighted by molar-refractivity contribution is 0.0951. The van der Waals surface area contributed by atoms with Crippen molar-refractivity contribution in [3.8, 4) is 11.5 Å². The number of amides is 1. The first-order chi connectivity index (χ1) is 12.0. The lowest BCUT2D eigenvalue weighted by Crippen LogP contribution is -2.27. The highest BCUT2D eigenvalue weighted by Gasteiger charge is 2.22. The van der Waals surface area contributed by atoms with E-state index in [2.05, 4.69) is 10.5 Å². The van der Waals surface area contributed by atoms with Gasteiger partial charge in [0.1, 0.15) is 18.8 Å². The fraction of sp³-hybridized carbons (Fsp3) is 0.444. The number of halogens is 1. The van der Waals surface area contributed by atoms with Crippen LogP contribution in [0.1, 0.15) is 47.1 Å². The first-order valence-corrected chi connectivity index (χ1v) is 8.67. The van der Waals surface area contributed by atoms with Crippen LogP contribution in [0.3, 0.4) is 0 Å². The molecule has 1 aromatic heterocycles. The molecule has 0 aliphatic carbocycles. The Hall–Kier alpha value is -2.21. The van der Waals surface area contributed by atoms with E-state index in [1.165, 1.54) is 0 Å². The van der Waals surface area contributed by atoms with Gasteiger partial charge in [-0.15, -0.1) is 0 Å². The maximum Gasteiger partial charge on any atom is 0.256 e. The smallest absolute Gasteiger partial charge is 0.256 e. The van der Waals surface area contributed by atoms with Gasteiger partial charge in [0.05, 0.1) is 10.7 Å². The van der Waals surface area contributed by atoms with Crippen molar-refractivity contribution in [3.63, 3.8) is 0 Å². The average Bonchev–Trinajstić information content (AvgIpc) is 2.97. The van der Waals surface area contributed by atoms with E-state index in [4.69, 9.17) is 25.6 Å². The molecule has 0 bridgehead atoms. The standard InChI is InChI=1S/C18H21ClN2O4/c1-10(2)16-15(11(3)21-25-16)18(22)20-5-4-12-8-13(19)17-14(9-12)23-6-7-24-17/h8-10H,4-7H2,1-3H3,(H,20,22). The second kappa shape index (κ2) is 7.35. The topological polar surface area (TPSA) is 73.6 Å². The highest BCUT2D eigenvalue weighted by Crippen LogP contribution is 2.38. The van der Waals surface area contributed by atoms with Crippen LogP contribution in [0.15, 0.2) is 16.7 Å². The van der Waals surface area contributed by atoms with Gasteiger partial charge in [0, 0.05) is 12.5 Å². The van der Waals surface area contributed by atoms with Crippen LogP contribution in [0.25, 0.3) is 0 Å². The summed E-state index contributed by atoms with van der Waals surface area (Å²) in [7, 11) is 0. The first kappa shape index (κ1) is 17.6. The Morgan fingerprint density at radius 1 is 1.32 bits per heavy atom. The Labute approximate surface area is 151 Å². The van der Waals surface area contributed by atoms with Gasteiger partial charge in [-0.3, -0.25) is 4.79 Å². The average molecular weight is 365 g/mol. The minimum Gasteiger partial charge on any atom is -0.486 e. The molecule has 1 aliphatic heterocycles. The third kappa shape index (κ3) is 3.74. The SMILES string of the molecule is Cc1noc(C(C)C)c1C(=O)NCCc1cc(Cl)c2c(c1)OCCO2. The van der Waals surface area contributed by atoms with Gasteiger partial charge in [0.2, 0.25) is 0 Å². The van der Waals surface area contributed by atoms with Crippen LogP contribution in [-0.4, -0.2) is 30.8 Å². The Morgan fingerprint density at radius 2 is 2.08 bits per heavy atom. The summed E-state index contributed by atoms with van der Waals surface area (Å²) >= 11 is 6.23. The quantitative estimate of drug-likeness (QED) is 0.878. The lowest BCUT2D eigenvalue weighted by atomic mass is 10.0. The van der Waals surface area contributed by atoms with Gasteiger partial charge in [-0.2, -0.15) is 0 Å². The third-order valence-corrected chi connectivity index (χ3v) is 4.28. The maximum atomic E-state index is 12.5. The summed E-state index contributed by atoms with van der Waals surface area (Å²) in [6.45, 7) is 7.18. The summed E-state index contributed by atoms with van der Waals surface area (Å²) in [4.78, 5) is 12.5. The van der Waals surface area contributed by atoms with Crippen molar-refractivity contribution < 1.29 is 18.8 Å². The van der Waals surface area contributed by atoms with E-state index in [0.717, 1.165) is 5.56 Å². The fourth-order valence-corrected chi connectivity index (χ4v) is 3.06. The maximum absolute atomic E-state index is 12.5. The molecular formula is C18H21ClN2O4. The van der Waals surface area contributed by atoms with E-state index >= 15 is 0 Å². The van der Waals surface area contributed by atoms with Crippen LogP contribution < -0.4 is 14.8 Å².